The van der Waals surface area contributed by atoms with Gasteiger partial charge in [0.1, 0.15) is 12.4 Å². The molecule has 0 aliphatic carbocycles. The molecule has 1 heterocycles. The molecule has 2 aromatic carbocycles. The van der Waals surface area contributed by atoms with Gasteiger partial charge < -0.3 is 14.4 Å². The molecule has 0 unspecified atom stereocenters. The van der Waals surface area contributed by atoms with Gasteiger partial charge in [-0.05, 0) is 42.3 Å². The van der Waals surface area contributed by atoms with Crippen LogP contribution in [0.15, 0.2) is 41.3 Å². The van der Waals surface area contributed by atoms with Crippen LogP contribution in [0.5, 0.6) is 5.75 Å². The van der Waals surface area contributed by atoms with Gasteiger partial charge in [-0.25, -0.2) is 8.42 Å². The molecule has 0 saturated heterocycles. The Labute approximate surface area is 162 Å². The molecule has 1 aliphatic rings. The molecule has 7 nitrogen and oxygen atoms in total. The number of fused-ring (bicyclic) bond motifs is 1. The lowest BCUT2D eigenvalue weighted by Gasteiger charge is -2.18. The molecule has 144 valence electrons. The smallest absolute Gasteiger partial charge is 0.261 e. The highest BCUT2D eigenvalue weighted by Crippen LogP contribution is 2.32. The summed E-state index contributed by atoms with van der Waals surface area (Å²) >= 11 is 6.03. The Hall–Kier alpha value is -2.29. The van der Waals surface area contributed by atoms with Crippen molar-refractivity contribution in [3.8, 4) is 5.75 Å². The number of rotatable bonds is 6. The second-order valence-electron chi connectivity index (χ2n) is 5.97. The van der Waals surface area contributed by atoms with Crippen LogP contribution in [0.25, 0.3) is 0 Å². The number of nitrogens with zero attached hydrogens (tertiary/aromatic N) is 1. The number of ether oxygens (including phenoxy) is 2. The number of benzene rings is 2. The van der Waals surface area contributed by atoms with Gasteiger partial charge in [-0.1, -0.05) is 17.7 Å². The van der Waals surface area contributed by atoms with Gasteiger partial charge >= 0.3 is 0 Å². The fourth-order valence-corrected chi connectivity index (χ4v) is 4.33. The molecule has 0 bridgehead atoms. The predicted molar refractivity (Wildman–Crippen MR) is 103 cm³/mol. The van der Waals surface area contributed by atoms with Gasteiger partial charge in [0, 0.05) is 19.3 Å². The average molecular weight is 411 g/mol. The van der Waals surface area contributed by atoms with Crippen molar-refractivity contribution < 1.29 is 22.7 Å². The van der Waals surface area contributed by atoms with E-state index in [1.54, 1.807) is 17.0 Å². The molecule has 1 amide bonds. The van der Waals surface area contributed by atoms with Gasteiger partial charge in [-0.2, -0.15) is 0 Å². The molecule has 0 saturated carbocycles. The summed E-state index contributed by atoms with van der Waals surface area (Å²) in [7, 11) is -0.933. The maximum absolute atomic E-state index is 12.7. The van der Waals surface area contributed by atoms with E-state index in [0.29, 0.717) is 30.1 Å². The van der Waals surface area contributed by atoms with Crippen molar-refractivity contribution in [3.05, 3.63) is 47.0 Å². The molecule has 2 aromatic rings. The summed E-state index contributed by atoms with van der Waals surface area (Å²) in [6.45, 7) is 0.515. The number of carbonyl (C=O) groups is 1. The zero-order valence-electron chi connectivity index (χ0n) is 14.9. The quantitative estimate of drug-likeness (QED) is 0.791. The molecule has 1 N–H and O–H groups in total. The number of sulfonamides is 1. The van der Waals surface area contributed by atoms with Crippen LogP contribution in [-0.2, 0) is 26.0 Å². The Bertz CT molecular complexity index is 978. The summed E-state index contributed by atoms with van der Waals surface area (Å²) in [5.74, 6) is 0.221. The van der Waals surface area contributed by atoms with Crippen molar-refractivity contribution in [3.63, 3.8) is 0 Å². The normalized spacial score (nSPS) is 13.4. The Morgan fingerprint density at radius 2 is 2.00 bits per heavy atom. The van der Waals surface area contributed by atoms with Crippen LogP contribution in [0.3, 0.4) is 0 Å². The Balaban J connectivity index is 1.87. The van der Waals surface area contributed by atoms with E-state index in [4.69, 9.17) is 21.1 Å². The van der Waals surface area contributed by atoms with E-state index in [1.807, 2.05) is 6.07 Å². The summed E-state index contributed by atoms with van der Waals surface area (Å²) in [5.41, 5.74) is 2.03. The minimum atomic E-state index is -3.84. The maximum atomic E-state index is 12.7. The number of hydrogen-bond donors (Lipinski definition) is 1. The van der Waals surface area contributed by atoms with E-state index in [9.17, 15) is 13.2 Å². The molecule has 27 heavy (non-hydrogen) atoms. The van der Waals surface area contributed by atoms with Crippen molar-refractivity contribution in [1.29, 1.82) is 0 Å². The highest BCUT2D eigenvalue weighted by Gasteiger charge is 2.25. The zero-order chi connectivity index (χ0) is 19.6. The number of anilines is 2. The van der Waals surface area contributed by atoms with Gasteiger partial charge in [0.2, 0.25) is 0 Å². The second kappa shape index (κ2) is 7.75. The summed E-state index contributed by atoms with van der Waals surface area (Å²) in [4.78, 5) is 13.8. The second-order valence-corrected chi connectivity index (χ2v) is 8.06. The number of halogens is 1. The van der Waals surface area contributed by atoms with Crippen molar-refractivity contribution in [2.45, 2.75) is 11.3 Å². The minimum absolute atomic E-state index is 0.0149. The van der Waals surface area contributed by atoms with Crippen LogP contribution < -0.4 is 14.4 Å². The lowest BCUT2D eigenvalue weighted by atomic mass is 10.1. The maximum Gasteiger partial charge on any atom is 0.261 e. The zero-order valence-corrected chi connectivity index (χ0v) is 16.4. The first-order valence-electron chi connectivity index (χ1n) is 8.14. The number of methoxy groups -OCH3 is 2. The lowest BCUT2D eigenvalue weighted by Crippen LogP contribution is -2.32. The number of carbonyl (C=O) groups excluding carboxylic acids is 1. The Kier molecular flexibility index (Phi) is 5.59. The fraction of sp³-hybridized carbons (Fsp3) is 0.278. The first kappa shape index (κ1) is 19.5. The van der Waals surface area contributed by atoms with Crippen LogP contribution in [-0.4, -0.2) is 41.7 Å². The fourth-order valence-electron chi connectivity index (χ4n) is 2.93. The van der Waals surface area contributed by atoms with Crippen LogP contribution in [0, 0.1) is 0 Å². The summed E-state index contributed by atoms with van der Waals surface area (Å²) in [5, 5.41) is 0.200. The average Bonchev–Trinajstić information content (AvgIpc) is 3.04. The number of amides is 1. The van der Waals surface area contributed by atoms with Crippen LogP contribution in [0.4, 0.5) is 11.4 Å². The molecular formula is C18H19ClN2O5S. The van der Waals surface area contributed by atoms with E-state index in [-0.39, 0.29) is 22.4 Å². The van der Waals surface area contributed by atoms with E-state index >= 15 is 0 Å². The van der Waals surface area contributed by atoms with Gasteiger partial charge in [-0.3, -0.25) is 9.52 Å². The molecule has 1 aliphatic heterocycles. The molecule has 0 aromatic heterocycles. The largest absolute Gasteiger partial charge is 0.495 e. The first-order valence-corrected chi connectivity index (χ1v) is 10.0. The molecule has 0 atom stereocenters. The highest BCUT2D eigenvalue weighted by atomic mass is 35.5. The Morgan fingerprint density at radius 1 is 1.22 bits per heavy atom. The monoisotopic (exact) mass is 410 g/mol. The van der Waals surface area contributed by atoms with Gasteiger partial charge in [-0.15, -0.1) is 0 Å². The molecule has 0 spiro atoms. The number of hydrogen-bond acceptors (Lipinski definition) is 5. The first-order chi connectivity index (χ1) is 12.9. The topological polar surface area (TPSA) is 84.9 Å². The van der Waals surface area contributed by atoms with Crippen molar-refractivity contribution in [2.24, 2.45) is 0 Å². The van der Waals surface area contributed by atoms with E-state index < -0.39 is 10.0 Å². The van der Waals surface area contributed by atoms with Crippen molar-refractivity contribution in [2.75, 3.05) is 37.0 Å². The summed E-state index contributed by atoms with van der Waals surface area (Å²) in [6.07, 6.45) is 0.714. The van der Waals surface area contributed by atoms with E-state index in [2.05, 4.69) is 4.72 Å². The van der Waals surface area contributed by atoms with E-state index in [0.717, 1.165) is 5.56 Å². The molecule has 0 fully saturated rings. The SMILES string of the molecule is COCC(=O)N1CCc2ccc(NS(=O)(=O)c3ccc(OC)c(Cl)c3)cc21. The minimum Gasteiger partial charge on any atom is -0.495 e. The Morgan fingerprint density at radius 3 is 2.67 bits per heavy atom. The lowest BCUT2D eigenvalue weighted by molar-refractivity contribution is -0.122. The number of nitrogens with one attached hydrogen (secondary N) is 1. The third-order valence-corrected chi connectivity index (χ3v) is 5.91. The summed E-state index contributed by atoms with van der Waals surface area (Å²) < 4.78 is 37.8. The molecule has 3 rings (SSSR count). The van der Waals surface area contributed by atoms with Crippen molar-refractivity contribution in [1.82, 2.24) is 0 Å². The highest BCUT2D eigenvalue weighted by molar-refractivity contribution is 7.92. The van der Waals surface area contributed by atoms with Crippen LogP contribution >= 0.6 is 11.6 Å². The van der Waals surface area contributed by atoms with Crippen LogP contribution in [0.2, 0.25) is 5.02 Å². The summed E-state index contributed by atoms with van der Waals surface area (Å²) in [6, 6.07) is 9.36. The standard InChI is InChI=1S/C18H19ClN2O5S/c1-25-11-18(22)21-8-7-12-3-4-13(9-16(12)21)20-27(23,24)14-5-6-17(26-2)15(19)10-14/h3-6,9-10,20H,7-8,11H2,1-2H3. The van der Waals surface area contributed by atoms with Gasteiger partial charge in [0.25, 0.3) is 15.9 Å². The third-order valence-electron chi connectivity index (χ3n) is 4.24. The van der Waals surface area contributed by atoms with Gasteiger partial charge in [0.05, 0.1) is 22.7 Å². The van der Waals surface area contributed by atoms with Gasteiger partial charge in [0.15, 0.2) is 0 Å². The van der Waals surface area contributed by atoms with E-state index in [1.165, 1.54) is 32.4 Å². The third kappa shape index (κ3) is 4.02. The van der Waals surface area contributed by atoms with Crippen molar-refractivity contribution >= 4 is 38.9 Å². The molecule has 9 heteroatoms. The molecular weight excluding hydrogens is 392 g/mol. The predicted octanol–water partition coefficient (Wildman–Crippen LogP) is 2.68. The molecule has 0 radical (unpaired) electrons. The van der Waals surface area contributed by atoms with Crippen LogP contribution in [0.1, 0.15) is 5.56 Å².